The van der Waals surface area contributed by atoms with E-state index >= 15 is 0 Å². The molecule has 1 heterocycles. The van der Waals surface area contributed by atoms with E-state index in [1.54, 1.807) is 0 Å². The van der Waals surface area contributed by atoms with Gasteiger partial charge in [0.15, 0.2) is 0 Å². The summed E-state index contributed by atoms with van der Waals surface area (Å²) in [6.07, 6.45) is 19.2. The second-order valence-electron chi connectivity index (χ2n) is 10.7. The van der Waals surface area contributed by atoms with E-state index in [4.69, 9.17) is 0 Å². The van der Waals surface area contributed by atoms with Crippen molar-refractivity contribution in [1.82, 2.24) is 10.2 Å². The Balaban J connectivity index is 1.29. The maximum Gasteiger partial charge on any atom is 0.0929 e. The Morgan fingerprint density at radius 3 is 1.88 bits per heavy atom. The topological polar surface area (TPSA) is 25.8 Å². The maximum atomic E-state index is 4.67. The van der Waals surface area contributed by atoms with Crippen LogP contribution in [-0.2, 0) is 0 Å². The second kappa shape index (κ2) is 12.0. The van der Waals surface area contributed by atoms with Crippen LogP contribution in [-0.4, -0.2) is 10.2 Å². The predicted octanol–water partition coefficient (Wildman–Crippen LogP) is 9.07. The number of unbranched alkanes of at least 4 members (excludes halogenated alkanes) is 2. The van der Waals surface area contributed by atoms with Crippen LogP contribution in [0, 0.1) is 11.8 Å². The molecule has 0 spiro atoms. The molecule has 0 saturated heterocycles. The van der Waals surface area contributed by atoms with Gasteiger partial charge in [0.05, 0.1) is 11.4 Å². The van der Waals surface area contributed by atoms with Crippen molar-refractivity contribution in [3.05, 3.63) is 47.7 Å². The van der Waals surface area contributed by atoms with Gasteiger partial charge in [0.1, 0.15) is 0 Å². The number of rotatable bonds is 9. The van der Waals surface area contributed by atoms with Crippen molar-refractivity contribution in [2.24, 2.45) is 11.8 Å². The summed E-state index contributed by atoms with van der Waals surface area (Å²) in [7, 11) is 0. The lowest BCUT2D eigenvalue weighted by Crippen LogP contribution is -2.14. The van der Waals surface area contributed by atoms with Crippen LogP contribution in [0.2, 0.25) is 0 Å². The molecule has 0 atom stereocenters. The van der Waals surface area contributed by atoms with Crippen LogP contribution < -0.4 is 0 Å². The molecule has 4 rings (SSSR count). The first kappa shape index (κ1) is 23.5. The van der Waals surface area contributed by atoms with E-state index in [-0.39, 0.29) is 0 Å². The summed E-state index contributed by atoms with van der Waals surface area (Å²) in [5.41, 5.74) is 4.94. The fourth-order valence-electron chi connectivity index (χ4n) is 6.26. The minimum Gasteiger partial charge on any atom is -0.155 e. The zero-order chi connectivity index (χ0) is 22.2. The van der Waals surface area contributed by atoms with E-state index in [0.717, 1.165) is 23.4 Å². The molecule has 32 heavy (non-hydrogen) atoms. The van der Waals surface area contributed by atoms with Gasteiger partial charge in [-0.1, -0.05) is 76.6 Å². The van der Waals surface area contributed by atoms with E-state index < -0.39 is 0 Å². The van der Waals surface area contributed by atoms with E-state index in [1.165, 1.54) is 107 Å². The highest BCUT2D eigenvalue weighted by Gasteiger charge is 2.24. The van der Waals surface area contributed by atoms with Crippen molar-refractivity contribution >= 4 is 0 Å². The number of aromatic nitrogens is 2. The lowest BCUT2D eigenvalue weighted by atomic mass is 9.77. The molecule has 2 fully saturated rings. The van der Waals surface area contributed by atoms with Crippen molar-refractivity contribution < 1.29 is 0 Å². The van der Waals surface area contributed by atoms with Crippen LogP contribution in [0.3, 0.4) is 0 Å². The summed E-state index contributed by atoms with van der Waals surface area (Å²) in [6, 6.07) is 13.6. The first-order valence-corrected chi connectivity index (χ1v) is 13.7. The Morgan fingerprint density at radius 2 is 1.28 bits per heavy atom. The van der Waals surface area contributed by atoms with Crippen LogP contribution in [0.4, 0.5) is 0 Å². The van der Waals surface area contributed by atoms with E-state index in [2.05, 4.69) is 60.4 Å². The molecule has 1 aromatic carbocycles. The van der Waals surface area contributed by atoms with Gasteiger partial charge >= 0.3 is 0 Å². The third-order valence-corrected chi connectivity index (χ3v) is 8.39. The molecule has 174 valence electrons. The van der Waals surface area contributed by atoms with E-state index in [9.17, 15) is 0 Å². The lowest BCUT2D eigenvalue weighted by molar-refractivity contribution is 0.299. The lowest BCUT2D eigenvalue weighted by Gasteiger charge is -2.28. The maximum absolute atomic E-state index is 4.67. The standard InChI is InChI=1S/C30H44N2/c1-3-5-6-8-24-11-15-27(16-12-24)29-21-22-30(32-31-29)28-19-17-26(18-20-28)25-13-9-23(7-4-2)10-14-25/h17-25,27H,3-16H2,1-2H3/t23-,24-,25-,27-. The van der Waals surface area contributed by atoms with Gasteiger partial charge in [-0.15, -0.1) is 0 Å². The summed E-state index contributed by atoms with van der Waals surface area (Å²) < 4.78 is 0. The van der Waals surface area contributed by atoms with Gasteiger partial charge in [0.25, 0.3) is 0 Å². The SMILES string of the molecule is CCCCC[C@H]1CC[C@H](c2ccc(-c3ccc([C@H]4CC[C@H](CCC)CC4)cc3)nn2)CC1. The van der Waals surface area contributed by atoms with Gasteiger partial charge in [0, 0.05) is 11.5 Å². The number of nitrogens with zero attached hydrogens (tertiary/aromatic N) is 2. The van der Waals surface area contributed by atoms with Crippen molar-refractivity contribution in [3.8, 4) is 11.3 Å². The molecule has 0 radical (unpaired) electrons. The summed E-state index contributed by atoms with van der Waals surface area (Å²) in [5.74, 6) is 3.29. The quantitative estimate of drug-likeness (QED) is 0.369. The minimum absolute atomic E-state index is 0.615. The van der Waals surface area contributed by atoms with Crippen molar-refractivity contribution in [2.45, 2.75) is 116 Å². The molecule has 2 heteroatoms. The molecule has 2 saturated carbocycles. The highest BCUT2D eigenvalue weighted by atomic mass is 15.1. The fraction of sp³-hybridized carbons (Fsp3) is 0.667. The molecule has 0 aliphatic heterocycles. The zero-order valence-electron chi connectivity index (χ0n) is 20.6. The highest BCUT2D eigenvalue weighted by Crippen LogP contribution is 2.39. The molecule has 0 unspecified atom stereocenters. The Kier molecular flexibility index (Phi) is 8.77. The summed E-state index contributed by atoms with van der Waals surface area (Å²) in [4.78, 5) is 0. The second-order valence-corrected chi connectivity index (χ2v) is 10.7. The average molecular weight is 433 g/mol. The van der Waals surface area contributed by atoms with Gasteiger partial charge in [-0.05, 0) is 86.8 Å². The molecule has 2 aromatic rings. The van der Waals surface area contributed by atoms with E-state index in [0.29, 0.717) is 5.92 Å². The normalized spacial score (nSPS) is 26.2. The zero-order valence-corrected chi connectivity index (χ0v) is 20.6. The van der Waals surface area contributed by atoms with Crippen LogP contribution >= 0.6 is 0 Å². The molecule has 2 nitrogen and oxygen atoms in total. The Bertz CT molecular complexity index is 779. The van der Waals surface area contributed by atoms with Gasteiger partial charge in [-0.2, -0.15) is 10.2 Å². The Labute approximate surface area is 196 Å². The third kappa shape index (κ3) is 6.21. The van der Waals surface area contributed by atoms with Crippen molar-refractivity contribution in [1.29, 1.82) is 0 Å². The van der Waals surface area contributed by atoms with Crippen LogP contribution in [0.15, 0.2) is 36.4 Å². The molecule has 0 bridgehead atoms. The molecule has 2 aliphatic carbocycles. The van der Waals surface area contributed by atoms with Gasteiger partial charge in [0.2, 0.25) is 0 Å². The van der Waals surface area contributed by atoms with Crippen molar-refractivity contribution in [3.63, 3.8) is 0 Å². The summed E-state index contributed by atoms with van der Waals surface area (Å²) >= 11 is 0. The summed E-state index contributed by atoms with van der Waals surface area (Å²) in [5, 5.41) is 9.29. The number of hydrogen-bond acceptors (Lipinski definition) is 2. The molecule has 0 N–H and O–H groups in total. The van der Waals surface area contributed by atoms with Gasteiger partial charge in [-0.3, -0.25) is 0 Å². The molecular weight excluding hydrogens is 388 g/mol. The largest absolute Gasteiger partial charge is 0.155 e. The molecule has 1 aromatic heterocycles. The fourth-order valence-corrected chi connectivity index (χ4v) is 6.26. The van der Waals surface area contributed by atoms with Crippen LogP contribution in [0.1, 0.15) is 127 Å². The van der Waals surface area contributed by atoms with Crippen LogP contribution in [0.5, 0.6) is 0 Å². The monoisotopic (exact) mass is 432 g/mol. The van der Waals surface area contributed by atoms with E-state index in [1.807, 2.05) is 0 Å². The van der Waals surface area contributed by atoms with Gasteiger partial charge < -0.3 is 0 Å². The van der Waals surface area contributed by atoms with Crippen LogP contribution in [0.25, 0.3) is 11.3 Å². The Hall–Kier alpha value is -1.70. The molecule has 2 aliphatic rings. The third-order valence-electron chi connectivity index (χ3n) is 8.39. The van der Waals surface area contributed by atoms with Gasteiger partial charge in [-0.25, -0.2) is 0 Å². The predicted molar refractivity (Wildman–Crippen MR) is 136 cm³/mol. The average Bonchev–Trinajstić information content (AvgIpc) is 2.86. The summed E-state index contributed by atoms with van der Waals surface area (Å²) in [6.45, 7) is 4.62. The number of hydrogen-bond donors (Lipinski definition) is 0. The smallest absolute Gasteiger partial charge is 0.0929 e. The molecular formula is C30H44N2. The van der Waals surface area contributed by atoms with Crippen molar-refractivity contribution in [2.75, 3.05) is 0 Å². The molecule has 0 amide bonds. The number of benzene rings is 1. The first-order chi connectivity index (χ1) is 15.8. The highest BCUT2D eigenvalue weighted by molar-refractivity contribution is 5.59. The Morgan fingerprint density at radius 1 is 0.625 bits per heavy atom. The first-order valence-electron chi connectivity index (χ1n) is 13.7. The minimum atomic E-state index is 0.615.